The van der Waals surface area contributed by atoms with E-state index < -0.39 is 0 Å². The number of hydrogen-bond donors (Lipinski definition) is 0. The van der Waals surface area contributed by atoms with Crippen LogP contribution < -0.4 is 0 Å². The number of nitrogens with zero attached hydrogens (tertiary/aromatic N) is 4. The molecule has 0 unspecified atom stereocenters. The van der Waals surface area contributed by atoms with Gasteiger partial charge >= 0.3 is 0 Å². The lowest BCUT2D eigenvalue weighted by Gasteiger charge is -2.34. The third kappa shape index (κ3) is 4.09. The largest absolute Gasteiger partial charge is 0.340 e. The Kier molecular flexibility index (Phi) is 5.12. The maximum Gasteiger partial charge on any atom is 0.224 e. The fraction of sp³-hybridized carbons (Fsp3) is 0.467. The molecule has 1 aliphatic rings. The molecule has 7 heteroatoms. The Morgan fingerprint density at radius 2 is 2.09 bits per heavy atom. The summed E-state index contributed by atoms with van der Waals surface area (Å²) in [5.41, 5.74) is 0. The summed E-state index contributed by atoms with van der Waals surface area (Å²) in [4.78, 5) is 17.8. The van der Waals surface area contributed by atoms with E-state index in [9.17, 15) is 4.79 Å². The molecule has 2 aromatic rings. The highest BCUT2D eigenvalue weighted by atomic mass is 35.5. The molecule has 22 heavy (non-hydrogen) atoms. The zero-order valence-electron chi connectivity index (χ0n) is 12.3. The standard InChI is InChI=1S/C15H19ClN4OS/c16-14-3-2-13(22-14)12-18-8-10-19(11-9-18)15(21)4-7-20-6-1-5-17-20/h1-3,5-6H,4,7-12H2. The van der Waals surface area contributed by atoms with Gasteiger partial charge in [-0.05, 0) is 18.2 Å². The second kappa shape index (κ2) is 7.26. The molecule has 1 aliphatic heterocycles. The van der Waals surface area contributed by atoms with Crippen molar-refractivity contribution in [3.63, 3.8) is 0 Å². The van der Waals surface area contributed by atoms with Crippen LogP contribution in [0.2, 0.25) is 4.34 Å². The first-order valence-electron chi connectivity index (χ1n) is 7.42. The number of carbonyl (C=O) groups is 1. The van der Waals surface area contributed by atoms with E-state index in [4.69, 9.17) is 11.6 Å². The van der Waals surface area contributed by atoms with Gasteiger partial charge in [-0.15, -0.1) is 11.3 Å². The lowest BCUT2D eigenvalue weighted by atomic mass is 10.2. The van der Waals surface area contributed by atoms with Crippen molar-refractivity contribution in [1.82, 2.24) is 19.6 Å². The van der Waals surface area contributed by atoms with E-state index in [0.717, 1.165) is 37.1 Å². The van der Waals surface area contributed by atoms with Crippen LogP contribution in [-0.2, 0) is 17.9 Å². The Morgan fingerprint density at radius 1 is 1.27 bits per heavy atom. The van der Waals surface area contributed by atoms with Gasteiger partial charge in [-0.1, -0.05) is 11.6 Å². The van der Waals surface area contributed by atoms with Crippen LogP contribution in [-0.4, -0.2) is 51.7 Å². The molecule has 0 aliphatic carbocycles. The summed E-state index contributed by atoms with van der Waals surface area (Å²) < 4.78 is 2.64. The quantitative estimate of drug-likeness (QED) is 0.840. The first-order valence-corrected chi connectivity index (χ1v) is 8.62. The minimum absolute atomic E-state index is 0.217. The molecule has 3 rings (SSSR count). The van der Waals surface area contributed by atoms with Crippen molar-refractivity contribution in [2.45, 2.75) is 19.5 Å². The molecule has 2 aromatic heterocycles. The van der Waals surface area contributed by atoms with Crippen LogP contribution in [0.15, 0.2) is 30.6 Å². The van der Waals surface area contributed by atoms with E-state index in [1.165, 1.54) is 4.88 Å². The van der Waals surface area contributed by atoms with Crippen LogP contribution in [0.4, 0.5) is 0 Å². The van der Waals surface area contributed by atoms with E-state index in [-0.39, 0.29) is 5.91 Å². The zero-order valence-corrected chi connectivity index (χ0v) is 13.9. The summed E-state index contributed by atoms with van der Waals surface area (Å²) in [6, 6.07) is 5.89. The monoisotopic (exact) mass is 338 g/mol. The summed E-state index contributed by atoms with van der Waals surface area (Å²) in [6.45, 7) is 5.02. The molecule has 118 valence electrons. The Bertz CT molecular complexity index is 605. The summed E-state index contributed by atoms with van der Waals surface area (Å²) in [7, 11) is 0. The normalized spacial score (nSPS) is 16.1. The van der Waals surface area contributed by atoms with Crippen molar-refractivity contribution < 1.29 is 4.79 Å². The molecule has 1 saturated heterocycles. The van der Waals surface area contributed by atoms with Crippen LogP contribution >= 0.6 is 22.9 Å². The number of rotatable bonds is 5. The Balaban J connectivity index is 1.42. The van der Waals surface area contributed by atoms with E-state index in [2.05, 4.69) is 16.1 Å². The molecule has 0 radical (unpaired) electrons. The predicted octanol–water partition coefficient (Wildman–Crippen LogP) is 2.33. The predicted molar refractivity (Wildman–Crippen MR) is 88.0 cm³/mol. The molecule has 0 bridgehead atoms. The van der Waals surface area contributed by atoms with Crippen LogP contribution in [0, 0.1) is 0 Å². The minimum atomic E-state index is 0.217. The zero-order chi connectivity index (χ0) is 15.4. The van der Waals surface area contributed by atoms with Crippen molar-refractivity contribution in [1.29, 1.82) is 0 Å². The van der Waals surface area contributed by atoms with Gasteiger partial charge in [0.05, 0.1) is 4.34 Å². The molecule has 0 aromatic carbocycles. The number of carbonyl (C=O) groups excluding carboxylic acids is 1. The van der Waals surface area contributed by atoms with Crippen LogP contribution in [0.3, 0.4) is 0 Å². The number of hydrogen-bond acceptors (Lipinski definition) is 4. The highest BCUT2D eigenvalue weighted by Gasteiger charge is 2.21. The minimum Gasteiger partial charge on any atom is -0.340 e. The summed E-state index contributed by atoms with van der Waals surface area (Å²) in [6.07, 6.45) is 4.14. The molecule has 0 saturated carbocycles. The van der Waals surface area contributed by atoms with E-state index in [1.807, 2.05) is 23.2 Å². The van der Waals surface area contributed by atoms with Gasteiger partial charge in [-0.25, -0.2) is 0 Å². The molecule has 1 fully saturated rings. The molecule has 0 spiro atoms. The lowest BCUT2D eigenvalue weighted by molar-refractivity contribution is -0.133. The highest BCUT2D eigenvalue weighted by molar-refractivity contribution is 7.16. The molecule has 0 N–H and O–H groups in total. The van der Waals surface area contributed by atoms with Crippen molar-refractivity contribution >= 4 is 28.8 Å². The molecule has 5 nitrogen and oxygen atoms in total. The summed E-state index contributed by atoms with van der Waals surface area (Å²) >= 11 is 7.59. The molecular weight excluding hydrogens is 320 g/mol. The van der Waals surface area contributed by atoms with Gasteiger partial charge in [0.2, 0.25) is 5.91 Å². The van der Waals surface area contributed by atoms with Crippen LogP contribution in [0.1, 0.15) is 11.3 Å². The van der Waals surface area contributed by atoms with Gasteiger partial charge in [0.25, 0.3) is 0 Å². The molecule has 0 atom stereocenters. The summed E-state index contributed by atoms with van der Waals surface area (Å²) in [5, 5.41) is 4.12. The van der Waals surface area contributed by atoms with Gasteiger partial charge in [-0.2, -0.15) is 5.10 Å². The van der Waals surface area contributed by atoms with Crippen molar-refractivity contribution in [2.24, 2.45) is 0 Å². The van der Waals surface area contributed by atoms with Gasteiger partial charge in [-0.3, -0.25) is 14.4 Å². The lowest BCUT2D eigenvalue weighted by Crippen LogP contribution is -2.48. The number of piperazine rings is 1. The molecule has 1 amide bonds. The average Bonchev–Trinajstić information content (AvgIpc) is 3.17. The van der Waals surface area contributed by atoms with Crippen LogP contribution in [0.25, 0.3) is 0 Å². The van der Waals surface area contributed by atoms with Crippen LogP contribution in [0.5, 0.6) is 0 Å². The summed E-state index contributed by atoms with van der Waals surface area (Å²) in [5.74, 6) is 0.217. The first-order chi connectivity index (χ1) is 10.7. The Hall–Kier alpha value is -1.37. The van der Waals surface area contributed by atoms with Gasteiger partial charge in [0, 0.05) is 63.0 Å². The SMILES string of the molecule is O=C(CCn1cccn1)N1CCN(Cc2ccc(Cl)s2)CC1. The smallest absolute Gasteiger partial charge is 0.224 e. The Labute approximate surface area is 139 Å². The van der Waals surface area contributed by atoms with E-state index in [0.29, 0.717) is 13.0 Å². The Morgan fingerprint density at radius 3 is 2.73 bits per heavy atom. The number of aryl methyl sites for hydroxylation is 1. The van der Waals surface area contributed by atoms with Gasteiger partial charge < -0.3 is 4.90 Å². The van der Waals surface area contributed by atoms with Crippen molar-refractivity contribution in [3.8, 4) is 0 Å². The van der Waals surface area contributed by atoms with Crippen molar-refractivity contribution in [2.75, 3.05) is 26.2 Å². The highest BCUT2D eigenvalue weighted by Crippen LogP contribution is 2.23. The maximum atomic E-state index is 12.2. The maximum absolute atomic E-state index is 12.2. The van der Waals surface area contributed by atoms with E-state index in [1.54, 1.807) is 22.2 Å². The topological polar surface area (TPSA) is 41.4 Å². The molecule has 3 heterocycles. The third-order valence-electron chi connectivity index (χ3n) is 3.85. The first kappa shape index (κ1) is 15.5. The third-order valence-corrected chi connectivity index (χ3v) is 5.06. The fourth-order valence-corrected chi connectivity index (χ4v) is 3.74. The van der Waals surface area contributed by atoms with Crippen molar-refractivity contribution in [3.05, 3.63) is 39.8 Å². The second-order valence-electron chi connectivity index (χ2n) is 5.38. The average molecular weight is 339 g/mol. The van der Waals surface area contributed by atoms with E-state index >= 15 is 0 Å². The van der Waals surface area contributed by atoms with Gasteiger partial charge in [0.15, 0.2) is 0 Å². The number of thiophene rings is 1. The number of amides is 1. The number of halogens is 1. The molecular formula is C15H19ClN4OS. The number of aromatic nitrogens is 2. The second-order valence-corrected chi connectivity index (χ2v) is 7.18. The van der Waals surface area contributed by atoms with Gasteiger partial charge in [0.1, 0.15) is 0 Å². The fourth-order valence-electron chi connectivity index (χ4n) is 2.61.